The van der Waals surface area contributed by atoms with Crippen LogP contribution in [0.3, 0.4) is 0 Å². The van der Waals surface area contributed by atoms with Crippen LogP contribution < -0.4 is 10.1 Å². The number of ether oxygens (including phenoxy) is 1. The SMILES string of the molecule is COc1ccc(S(=O)(=O)N2CCN(C(=O)c3cccc(C)c3NC(=O)c3ccncc3)CC2)cc1. The summed E-state index contributed by atoms with van der Waals surface area (Å²) in [5, 5.41) is 2.85. The molecule has 182 valence electrons. The number of aromatic nitrogens is 1. The van der Waals surface area contributed by atoms with E-state index < -0.39 is 10.0 Å². The number of rotatable bonds is 6. The Balaban J connectivity index is 1.48. The molecule has 2 aromatic carbocycles. The molecule has 2 heterocycles. The van der Waals surface area contributed by atoms with E-state index in [1.54, 1.807) is 41.3 Å². The minimum Gasteiger partial charge on any atom is -0.497 e. The summed E-state index contributed by atoms with van der Waals surface area (Å²) < 4.78 is 32.5. The van der Waals surface area contributed by atoms with Crippen molar-refractivity contribution in [3.05, 3.63) is 83.7 Å². The van der Waals surface area contributed by atoms with Gasteiger partial charge in [-0.25, -0.2) is 8.42 Å². The van der Waals surface area contributed by atoms with E-state index in [4.69, 9.17) is 4.74 Å². The van der Waals surface area contributed by atoms with E-state index in [0.29, 0.717) is 22.6 Å². The number of benzene rings is 2. The molecule has 3 aromatic rings. The minimum absolute atomic E-state index is 0.171. The van der Waals surface area contributed by atoms with Crippen LogP contribution >= 0.6 is 0 Å². The lowest BCUT2D eigenvalue weighted by Crippen LogP contribution is -2.50. The van der Waals surface area contributed by atoms with E-state index in [9.17, 15) is 18.0 Å². The predicted molar refractivity (Wildman–Crippen MR) is 131 cm³/mol. The fourth-order valence-corrected chi connectivity index (χ4v) is 5.32. The van der Waals surface area contributed by atoms with Gasteiger partial charge in [0.15, 0.2) is 0 Å². The standard InChI is InChI=1S/C25H26N4O5S/c1-18-4-3-5-22(23(18)27-24(30)19-10-12-26-13-11-19)25(31)28-14-16-29(17-15-28)35(32,33)21-8-6-20(34-2)7-9-21/h3-13H,14-17H2,1-2H3,(H,27,30). The number of hydrogen-bond donors (Lipinski definition) is 1. The zero-order chi connectivity index (χ0) is 25.0. The van der Waals surface area contributed by atoms with Gasteiger partial charge in [-0.2, -0.15) is 4.31 Å². The van der Waals surface area contributed by atoms with Gasteiger partial charge in [-0.05, 0) is 55.0 Å². The van der Waals surface area contributed by atoms with Crippen LogP contribution in [0.15, 0.2) is 71.9 Å². The van der Waals surface area contributed by atoms with E-state index in [-0.39, 0.29) is 42.9 Å². The first-order chi connectivity index (χ1) is 16.8. The van der Waals surface area contributed by atoms with Crippen molar-refractivity contribution >= 4 is 27.5 Å². The Labute approximate surface area is 204 Å². The van der Waals surface area contributed by atoms with E-state index in [2.05, 4.69) is 10.3 Å². The van der Waals surface area contributed by atoms with Crippen molar-refractivity contribution in [2.75, 3.05) is 38.6 Å². The number of carbonyl (C=O) groups is 2. The van der Waals surface area contributed by atoms with Crippen molar-refractivity contribution in [1.29, 1.82) is 0 Å². The first kappa shape index (κ1) is 24.4. The average Bonchev–Trinajstić information content (AvgIpc) is 2.90. The summed E-state index contributed by atoms with van der Waals surface area (Å²) in [5.41, 5.74) is 1.98. The topological polar surface area (TPSA) is 109 Å². The Morgan fingerprint density at radius 2 is 1.60 bits per heavy atom. The smallest absolute Gasteiger partial charge is 0.256 e. The van der Waals surface area contributed by atoms with Crippen LogP contribution in [-0.2, 0) is 10.0 Å². The number of amides is 2. The van der Waals surface area contributed by atoms with Crippen LogP contribution in [0.5, 0.6) is 5.75 Å². The lowest BCUT2D eigenvalue weighted by Gasteiger charge is -2.34. The molecular weight excluding hydrogens is 468 g/mol. The Kier molecular flexibility index (Phi) is 7.13. The Morgan fingerprint density at radius 3 is 2.23 bits per heavy atom. The van der Waals surface area contributed by atoms with Gasteiger partial charge in [0.2, 0.25) is 10.0 Å². The van der Waals surface area contributed by atoms with Gasteiger partial charge in [-0.1, -0.05) is 12.1 Å². The molecule has 1 aliphatic heterocycles. The largest absolute Gasteiger partial charge is 0.497 e. The summed E-state index contributed by atoms with van der Waals surface area (Å²) in [6.45, 7) is 2.63. The second-order valence-electron chi connectivity index (χ2n) is 8.06. The average molecular weight is 495 g/mol. The van der Waals surface area contributed by atoms with Crippen molar-refractivity contribution in [2.45, 2.75) is 11.8 Å². The third-order valence-corrected chi connectivity index (χ3v) is 7.82. The molecule has 1 fully saturated rings. The maximum atomic E-state index is 13.4. The highest BCUT2D eigenvalue weighted by Gasteiger charge is 2.31. The number of aryl methyl sites for hydroxylation is 1. The lowest BCUT2D eigenvalue weighted by atomic mass is 10.1. The second kappa shape index (κ2) is 10.2. The third-order valence-electron chi connectivity index (χ3n) is 5.91. The summed E-state index contributed by atoms with van der Waals surface area (Å²) in [5.74, 6) is -0.0317. The van der Waals surface area contributed by atoms with Crippen LogP contribution in [0.25, 0.3) is 0 Å². The van der Waals surface area contributed by atoms with Crippen LogP contribution in [0, 0.1) is 6.92 Å². The monoisotopic (exact) mass is 494 g/mol. The highest BCUT2D eigenvalue weighted by atomic mass is 32.2. The zero-order valence-corrected chi connectivity index (χ0v) is 20.3. The molecule has 0 unspecified atom stereocenters. The Hall–Kier alpha value is -3.76. The highest BCUT2D eigenvalue weighted by molar-refractivity contribution is 7.89. The highest BCUT2D eigenvalue weighted by Crippen LogP contribution is 2.25. The number of piperazine rings is 1. The van der Waals surface area contributed by atoms with Gasteiger partial charge in [0.25, 0.3) is 11.8 Å². The molecule has 1 N–H and O–H groups in total. The minimum atomic E-state index is -3.68. The van der Waals surface area contributed by atoms with Crippen LogP contribution in [0.2, 0.25) is 0 Å². The lowest BCUT2D eigenvalue weighted by molar-refractivity contribution is 0.0699. The molecule has 1 saturated heterocycles. The molecule has 0 atom stereocenters. The molecule has 0 bridgehead atoms. The number of sulfonamides is 1. The zero-order valence-electron chi connectivity index (χ0n) is 19.5. The summed E-state index contributed by atoms with van der Waals surface area (Å²) in [7, 11) is -2.17. The van der Waals surface area contributed by atoms with Crippen LogP contribution in [-0.4, -0.2) is 67.7 Å². The predicted octanol–water partition coefficient (Wildman–Crippen LogP) is 2.80. The third kappa shape index (κ3) is 5.18. The summed E-state index contributed by atoms with van der Waals surface area (Å²) in [6.07, 6.45) is 3.05. The van der Waals surface area contributed by atoms with Crippen molar-refractivity contribution < 1.29 is 22.7 Å². The molecular formula is C25H26N4O5S. The molecule has 1 aromatic heterocycles. The number of methoxy groups -OCH3 is 1. The molecule has 4 rings (SSSR count). The van der Waals surface area contributed by atoms with Gasteiger partial charge in [0.1, 0.15) is 5.75 Å². The van der Waals surface area contributed by atoms with Crippen molar-refractivity contribution in [3.63, 3.8) is 0 Å². The van der Waals surface area contributed by atoms with Gasteiger partial charge < -0.3 is 15.0 Å². The van der Waals surface area contributed by atoms with E-state index >= 15 is 0 Å². The van der Waals surface area contributed by atoms with Crippen LogP contribution in [0.1, 0.15) is 26.3 Å². The molecule has 1 aliphatic rings. The van der Waals surface area contributed by atoms with E-state index in [1.165, 1.54) is 35.9 Å². The first-order valence-electron chi connectivity index (χ1n) is 11.1. The fraction of sp³-hybridized carbons (Fsp3) is 0.240. The molecule has 9 nitrogen and oxygen atoms in total. The number of pyridine rings is 1. The van der Waals surface area contributed by atoms with Gasteiger partial charge in [-0.3, -0.25) is 14.6 Å². The molecule has 35 heavy (non-hydrogen) atoms. The van der Waals surface area contributed by atoms with Gasteiger partial charge in [-0.15, -0.1) is 0 Å². The maximum absolute atomic E-state index is 13.4. The molecule has 0 radical (unpaired) electrons. The normalized spacial score (nSPS) is 14.4. The maximum Gasteiger partial charge on any atom is 0.256 e. The van der Waals surface area contributed by atoms with Gasteiger partial charge in [0.05, 0.1) is 23.3 Å². The molecule has 2 amide bonds. The quantitative estimate of drug-likeness (QED) is 0.565. The Bertz CT molecular complexity index is 1320. The summed E-state index contributed by atoms with van der Waals surface area (Å²) in [6, 6.07) is 14.7. The Morgan fingerprint density at radius 1 is 0.943 bits per heavy atom. The van der Waals surface area contributed by atoms with E-state index in [1.807, 2.05) is 13.0 Å². The molecule has 0 aliphatic carbocycles. The summed E-state index contributed by atoms with van der Waals surface area (Å²) >= 11 is 0. The number of carbonyl (C=O) groups excluding carboxylic acids is 2. The van der Waals surface area contributed by atoms with Crippen molar-refractivity contribution in [2.24, 2.45) is 0 Å². The van der Waals surface area contributed by atoms with E-state index in [0.717, 1.165) is 5.56 Å². The first-order valence-corrected chi connectivity index (χ1v) is 12.5. The molecule has 0 spiro atoms. The number of anilines is 1. The fourth-order valence-electron chi connectivity index (χ4n) is 3.90. The van der Waals surface area contributed by atoms with Crippen LogP contribution in [0.4, 0.5) is 5.69 Å². The molecule has 0 saturated carbocycles. The van der Waals surface area contributed by atoms with Crippen molar-refractivity contribution in [1.82, 2.24) is 14.2 Å². The number of hydrogen-bond acceptors (Lipinski definition) is 6. The van der Waals surface area contributed by atoms with Gasteiger partial charge in [0, 0.05) is 44.1 Å². The second-order valence-corrected chi connectivity index (χ2v) is 10.00. The number of para-hydroxylation sites is 1. The van der Waals surface area contributed by atoms with Crippen molar-refractivity contribution in [3.8, 4) is 5.75 Å². The number of nitrogens with one attached hydrogen (secondary N) is 1. The van der Waals surface area contributed by atoms with Gasteiger partial charge >= 0.3 is 0 Å². The summed E-state index contributed by atoms with van der Waals surface area (Å²) in [4.78, 5) is 31.8. The number of nitrogens with zero attached hydrogens (tertiary/aromatic N) is 3. The molecule has 10 heteroatoms.